The molecule has 100 valence electrons. The number of hydrogen-bond acceptors (Lipinski definition) is 2. The van der Waals surface area contributed by atoms with E-state index in [9.17, 15) is 9.18 Å². The number of nitriles is 1. The van der Waals surface area contributed by atoms with Gasteiger partial charge < -0.3 is 0 Å². The van der Waals surface area contributed by atoms with Crippen LogP contribution in [0.2, 0.25) is 0 Å². The zero-order chi connectivity index (χ0) is 14.5. The van der Waals surface area contributed by atoms with Crippen molar-refractivity contribution in [3.63, 3.8) is 0 Å². The van der Waals surface area contributed by atoms with Crippen LogP contribution in [0.3, 0.4) is 0 Å². The summed E-state index contributed by atoms with van der Waals surface area (Å²) in [4.78, 5) is 12.5. The van der Waals surface area contributed by atoms with Gasteiger partial charge in [-0.1, -0.05) is 46.3 Å². The summed E-state index contributed by atoms with van der Waals surface area (Å²) in [5.74, 6) is -1.59. The fourth-order valence-corrected chi connectivity index (χ4v) is 2.35. The minimum atomic E-state index is -0.642. The highest BCUT2D eigenvalue weighted by Gasteiger charge is 2.24. The highest BCUT2D eigenvalue weighted by Crippen LogP contribution is 2.26. The Balaban J connectivity index is 2.40. The van der Waals surface area contributed by atoms with Crippen molar-refractivity contribution in [3.8, 4) is 6.07 Å². The average molecular weight is 332 g/mol. The molecule has 0 saturated carbocycles. The first-order valence-electron chi connectivity index (χ1n) is 6.04. The Morgan fingerprint density at radius 2 is 1.95 bits per heavy atom. The molecule has 1 atom stereocenters. The van der Waals surface area contributed by atoms with Crippen molar-refractivity contribution in [1.29, 1.82) is 5.26 Å². The molecule has 0 aromatic heterocycles. The Morgan fingerprint density at radius 3 is 2.55 bits per heavy atom. The standard InChI is InChI=1S/C16H11BrFNO/c17-12-6-7-14(15(18)10-12)16(20)13(8-9-19)11-4-2-1-3-5-11/h1-7,10,13H,8H2. The lowest BCUT2D eigenvalue weighted by Gasteiger charge is -2.13. The second-order valence-electron chi connectivity index (χ2n) is 4.31. The molecular formula is C16H11BrFNO. The summed E-state index contributed by atoms with van der Waals surface area (Å²) in [5, 5.41) is 8.90. The summed E-state index contributed by atoms with van der Waals surface area (Å²) in [6.45, 7) is 0. The molecule has 20 heavy (non-hydrogen) atoms. The van der Waals surface area contributed by atoms with E-state index in [1.807, 2.05) is 12.1 Å². The van der Waals surface area contributed by atoms with Gasteiger partial charge in [0.2, 0.25) is 0 Å². The molecule has 0 N–H and O–H groups in total. The van der Waals surface area contributed by atoms with Gasteiger partial charge >= 0.3 is 0 Å². The summed E-state index contributed by atoms with van der Waals surface area (Å²) in [6.07, 6.45) is 0.0261. The third-order valence-corrected chi connectivity index (χ3v) is 3.50. The lowest BCUT2D eigenvalue weighted by Crippen LogP contribution is -2.14. The molecule has 4 heteroatoms. The smallest absolute Gasteiger partial charge is 0.174 e. The SMILES string of the molecule is N#CCC(C(=O)c1ccc(Br)cc1F)c1ccccc1. The number of benzene rings is 2. The van der Waals surface area contributed by atoms with E-state index in [-0.39, 0.29) is 17.8 Å². The highest BCUT2D eigenvalue weighted by molar-refractivity contribution is 9.10. The van der Waals surface area contributed by atoms with Crippen molar-refractivity contribution in [2.24, 2.45) is 0 Å². The number of carbonyl (C=O) groups is 1. The van der Waals surface area contributed by atoms with Crippen molar-refractivity contribution >= 4 is 21.7 Å². The highest BCUT2D eigenvalue weighted by atomic mass is 79.9. The predicted octanol–water partition coefficient (Wildman–Crippen LogP) is 4.47. The Morgan fingerprint density at radius 1 is 1.25 bits per heavy atom. The normalized spacial score (nSPS) is 11.7. The summed E-state index contributed by atoms with van der Waals surface area (Å²) in [6, 6.07) is 15.3. The van der Waals surface area contributed by atoms with E-state index >= 15 is 0 Å². The average Bonchev–Trinajstić information content (AvgIpc) is 2.45. The van der Waals surface area contributed by atoms with Gasteiger partial charge in [0.05, 0.1) is 17.6 Å². The van der Waals surface area contributed by atoms with Gasteiger partial charge in [0.25, 0.3) is 0 Å². The monoisotopic (exact) mass is 331 g/mol. The molecule has 0 aliphatic carbocycles. The third-order valence-electron chi connectivity index (χ3n) is 3.01. The first-order valence-corrected chi connectivity index (χ1v) is 6.84. The van der Waals surface area contributed by atoms with Gasteiger partial charge in [0, 0.05) is 10.9 Å². The van der Waals surface area contributed by atoms with Crippen LogP contribution < -0.4 is 0 Å². The molecule has 2 nitrogen and oxygen atoms in total. The summed E-state index contributed by atoms with van der Waals surface area (Å²) in [5.41, 5.74) is 0.735. The lowest BCUT2D eigenvalue weighted by molar-refractivity contribution is 0.0956. The molecule has 1 unspecified atom stereocenters. The van der Waals surface area contributed by atoms with Crippen LogP contribution in [0.4, 0.5) is 4.39 Å². The molecule has 0 fully saturated rings. The molecular weight excluding hydrogens is 321 g/mol. The molecule has 0 amide bonds. The van der Waals surface area contributed by atoms with E-state index in [1.165, 1.54) is 12.1 Å². The van der Waals surface area contributed by atoms with Gasteiger partial charge in [0.15, 0.2) is 5.78 Å². The Bertz CT molecular complexity index is 664. The maximum atomic E-state index is 13.9. The minimum absolute atomic E-state index is 0.0114. The predicted molar refractivity (Wildman–Crippen MR) is 77.8 cm³/mol. The van der Waals surface area contributed by atoms with Crippen LogP contribution in [0, 0.1) is 17.1 Å². The molecule has 0 heterocycles. The van der Waals surface area contributed by atoms with Gasteiger partial charge in [-0.2, -0.15) is 5.26 Å². The fourth-order valence-electron chi connectivity index (χ4n) is 2.02. The summed E-state index contributed by atoms with van der Waals surface area (Å²) in [7, 11) is 0. The van der Waals surface area contributed by atoms with Gasteiger partial charge in [-0.25, -0.2) is 4.39 Å². The van der Waals surface area contributed by atoms with Crippen molar-refractivity contribution in [3.05, 3.63) is 69.9 Å². The molecule has 0 radical (unpaired) electrons. The van der Waals surface area contributed by atoms with Crippen LogP contribution in [0.1, 0.15) is 28.3 Å². The minimum Gasteiger partial charge on any atom is -0.293 e. The molecule has 0 bridgehead atoms. The summed E-state index contributed by atoms with van der Waals surface area (Å²) >= 11 is 3.15. The lowest BCUT2D eigenvalue weighted by atomic mass is 9.88. The number of Topliss-reactive ketones (excluding diaryl/α,β-unsaturated/α-hetero) is 1. The van der Waals surface area contributed by atoms with Crippen molar-refractivity contribution in [2.75, 3.05) is 0 Å². The Hall–Kier alpha value is -1.99. The fraction of sp³-hybridized carbons (Fsp3) is 0.125. The Labute approximate surface area is 125 Å². The van der Waals surface area contributed by atoms with Crippen LogP contribution in [-0.4, -0.2) is 5.78 Å². The second-order valence-corrected chi connectivity index (χ2v) is 5.23. The molecule has 0 aliphatic heterocycles. The first-order chi connectivity index (χ1) is 9.63. The van der Waals surface area contributed by atoms with E-state index in [4.69, 9.17) is 5.26 Å². The van der Waals surface area contributed by atoms with E-state index in [1.54, 1.807) is 30.3 Å². The van der Waals surface area contributed by atoms with Crippen molar-refractivity contribution < 1.29 is 9.18 Å². The number of ketones is 1. The molecule has 0 aliphatic rings. The van der Waals surface area contributed by atoms with Crippen LogP contribution in [0.5, 0.6) is 0 Å². The zero-order valence-electron chi connectivity index (χ0n) is 10.5. The van der Waals surface area contributed by atoms with Crippen LogP contribution in [-0.2, 0) is 0 Å². The van der Waals surface area contributed by atoms with Gasteiger partial charge in [0.1, 0.15) is 5.82 Å². The molecule has 0 saturated heterocycles. The van der Waals surface area contributed by atoms with Gasteiger partial charge in [-0.3, -0.25) is 4.79 Å². The van der Waals surface area contributed by atoms with E-state index in [2.05, 4.69) is 15.9 Å². The van der Waals surface area contributed by atoms with Crippen molar-refractivity contribution in [2.45, 2.75) is 12.3 Å². The van der Waals surface area contributed by atoms with E-state index in [0.717, 1.165) is 5.56 Å². The van der Waals surface area contributed by atoms with Gasteiger partial charge in [-0.05, 0) is 23.8 Å². The van der Waals surface area contributed by atoms with E-state index < -0.39 is 11.7 Å². The first kappa shape index (κ1) is 14.4. The quantitative estimate of drug-likeness (QED) is 0.775. The molecule has 0 spiro atoms. The van der Waals surface area contributed by atoms with Crippen LogP contribution in [0.25, 0.3) is 0 Å². The number of rotatable bonds is 4. The van der Waals surface area contributed by atoms with Gasteiger partial charge in [-0.15, -0.1) is 0 Å². The van der Waals surface area contributed by atoms with Crippen LogP contribution >= 0.6 is 15.9 Å². The van der Waals surface area contributed by atoms with E-state index in [0.29, 0.717) is 4.47 Å². The molecule has 2 aromatic carbocycles. The molecule has 2 aromatic rings. The topological polar surface area (TPSA) is 40.9 Å². The maximum Gasteiger partial charge on any atom is 0.174 e. The number of halogens is 2. The second kappa shape index (κ2) is 6.44. The zero-order valence-corrected chi connectivity index (χ0v) is 12.1. The number of nitrogens with zero attached hydrogens (tertiary/aromatic N) is 1. The largest absolute Gasteiger partial charge is 0.293 e. The molecule has 2 rings (SSSR count). The Kier molecular flexibility index (Phi) is 4.65. The van der Waals surface area contributed by atoms with Crippen molar-refractivity contribution in [1.82, 2.24) is 0 Å². The number of hydrogen-bond donors (Lipinski definition) is 0. The maximum absolute atomic E-state index is 13.9. The third kappa shape index (κ3) is 3.12. The number of carbonyl (C=O) groups excluding carboxylic acids is 1. The van der Waals surface area contributed by atoms with Crippen LogP contribution in [0.15, 0.2) is 53.0 Å². The summed E-state index contributed by atoms with van der Waals surface area (Å²) < 4.78 is 14.5.